The highest BCUT2D eigenvalue weighted by atomic mass is 19.4. The van der Waals surface area contributed by atoms with E-state index in [9.17, 15) is 49.1 Å². The van der Waals surface area contributed by atoms with Gasteiger partial charge in [-0.3, -0.25) is 9.59 Å². The lowest BCUT2D eigenvalue weighted by Gasteiger charge is -2.17. The van der Waals surface area contributed by atoms with Crippen LogP contribution in [0.4, 0.5) is 39.5 Å². The Morgan fingerprint density at radius 3 is 1.97 bits per heavy atom. The van der Waals surface area contributed by atoms with Gasteiger partial charge in [-0.05, 0) is 59.9 Å². The van der Waals surface area contributed by atoms with Gasteiger partial charge in [0, 0.05) is 12.0 Å². The molecule has 36 heavy (non-hydrogen) atoms. The molecule has 0 radical (unpaired) electrons. The Hall–Kier alpha value is -3.31. The van der Waals surface area contributed by atoms with Crippen molar-refractivity contribution < 1.29 is 49.1 Å². The molecular formula is C24H18F9NO2. The van der Waals surface area contributed by atoms with E-state index in [1.807, 2.05) is 0 Å². The summed E-state index contributed by atoms with van der Waals surface area (Å²) in [5.74, 6) is -1.47. The van der Waals surface area contributed by atoms with Gasteiger partial charge in [-0.1, -0.05) is 19.1 Å². The van der Waals surface area contributed by atoms with Crippen molar-refractivity contribution in [1.29, 1.82) is 0 Å². The minimum atomic E-state index is -5.44. The molecule has 0 heterocycles. The standard InChI is InChI=1S/C24H18F9NO2/c1-2-21(36)34-19-6-4-12-7-13(3-5-17(12)19)20(35)11-18(24(31,32)33)14-8-15(22(25,26)27)10-16(9-14)23(28,29)30/h3,5,7-11,19H,2,4,6H2,1H3,(H,34,36). The van der Waals surface area contributed by atoms with Gasteiger partial charge in [0.1, 0.15) is 0 Å². The number of halogens is 9. The third kappa shape index (κ3) is 6.08. The number of fused-ring (bicyclic) bond motifs is 1. The average molecular weight is 523 g/mol. The maximum absolute atomic E-state index is 13.7. The molecule has 0 spiro atoms. The Balaban J connectivity index is 2.05. The van der Waals surface area contributed by atoms with Crippen molar-refractivity contribution in [2.75, 3.05) is 0 Å². The minimum absolute atomic E-state index is 0.0112. The highest BCUT2D eigenvalue weighted by molar-refractivity contribution is 6.09. The molecule has 1 aliphatic rings. The number of hydrogen-bond donors (Lipinski definition) is 1. The summed E-state index contributed by atoms with van der Waals surface area (Å²) < 4.78 is 120. The van der Waals surface area contributed by atoms with Crippen molar-refractivity contribution in [2.24, 2.45) is 0 Å². The largest absolute Gasteiger partial charge is 0.417 e. The van der Waals surface area contributed by atoms with Gasteiger partial charge in [0.2, 0.25) is 5.91 Å². The Labute approximate surface area is 199 Å². The molecule has 2 aromatic rings. The van der Waals surface area contributed by atoms with Crippen LogP contribution in [0.25, 0.3) is 5.57 Å². The molecule has 0 fully saturated rings. The van der Waals surface area contributed by atoms with E-state index < -0.39 is 46.6 Å². The average Bonchev–Trinajstić information content (AvgIpc) is 3.16. The van der Waals surface area contributed by atoms with Crippen LogP contribution in [0.2, 0.25) is 0 Å². The number of nitrogens with one attached hydrogen (secondary N) is 1. The quantitative estimate of drug-likeness (QED) is 0.259. The molecule has 0 aromatic heterocycles. The van der Waals surface area contributed by atoms with Crippen molar-refractivity contribution in [3.05, 3.63) is 75.9 Å². The first kappa shape index (κ1) is 27.3. The predicted molar refractivity (Wildman–Crippen MR) is 111 cm³/mol. The fourth-order valence-corrected chi connectivity index (χ4v) is 3.87. The topological polar surface area (TPSA) is 46.2 Å². The molecular weight excluding hydrogens is 505 g/mol. The van der Waals surface area contributed by atoms with Crippen LogP contribution in [-0.2, 0) is 23.6 Å². The summed E-state index contributed by atoms with van der Waals surface area (Å²) in [6.07, 6.45) is -15.0. The molecule has 0 bridgehead atoms. The molecule has 0 aliphatic heterocycles. The van der Waals surface area contributed by atoms with Crippen molar-refractivity contribution in [2.45, 2.75) is 50.8 Å². The van der Waals surface area contributed by atoms with E-state index in [0.29, 0.717) is 24.0 Å². The number of aryl methyl sites for hydroxylation is 1. The SMILES string of the molecule is CCC(=O)NC1CCc2cc(C(=O)C=C(c3cc(C(F)(F)F)cc(C(F)(F)F)c3)C(F)(F)F)ccc21. The number of carbonyl (C=O) groups is 2. The number of rotatable bonds is 5. The monoisotopic (exact) mass is 523 g/mol. The summed E-state index contributed by atoms with van der Waals surface area (Å²) >= 11 is 0. The van der Waals surface area contributed by atoms with Crippen LogP contribution < -0.4 is 5.32 Å². The zero-order chi connectivity index (χ0) is 27.1. The second-order valence-electron chi connectivity index (χ2n) is 8.14. The van der Waals surface area contributed by atoms with Gasteiger partial charge in [-0.15, -0.1) is 0 Å². The van der Waals surface area contributed by atoms with Crippen LogP contribution in [0.5, 0.6) is 0 Å². The Bertz CT molecular complexity index is 1180. The zero-order valence-corrected chi connectivity index (χ0v) is 18.5. The zero-order valence-electron chi connectivity index (χ0n) is 18.5. The van der Waals surface area contributed by atoms with E-state index in [1.54, 1.807) is 6.92 Å². The highest BCUT2D eigenvalue weighted by Gasteiger charge is 2.41. The van der Waals surface area contributed by atoms with E-state index in [0.717, 1.165) is 0 Å². The number of allylic oxidation sites excluding steroid dienone is 2. The van der Waals surface area contributed by atoms with Crippen molar-refractivity contribution in [3.8, 4) is 0 Å². The van der Waals surface area contributed by atoms with Gasteiger partial charge < -0.3 is 5.32 Å². The van der Waals surface area contributed by atoms with Crippen LogP contribution in [0.3, 0.4) is 0 Å². The Kier molecular flexibility index (Phi) is 7.29. The molecule has 3 nitrogen and oxygen atoms in total. The number of amides is 1. The van der Waals surface area contributed by atoms with Gasteiger partial charge in [0.25, 0.3) is 0 Å². The molecule has 1 unspecified atom stereocenters. The summed E-state index contributed by atoms with van der Waals surface area (Å²) in [6.45, 7) is 1.65. The number of benzene rings is 2. The first-order valence-corrected chi connectivity index (χ1v) is 10.6. The van der Waals surface area contributed by atoms with Crippen molar-refractivity contribution in [1.82, 2.24) is 5.32 Å². The third-order valence-electron chi connectivity index (χ3n) is 5.64. The van der Waals surface area contributed by atoms with Crippen LogP contribution in [0.15, 0.2) is 42.5 Å². The molecule has 1 atom stereocenters. The van der Waals surface area contributed by atoms with Gasteiger partial charge in [-0.25, -0.2) is 0 Å². The van der Waals surface area contributed by atoms with Crippen molar-refractivity contribution in [3.63, 3.8) is 0 Å². The molecule has 2 aromatic carbocycles. The highest BCUT2D eigenvalue weighted by Crippen LogP contribution is 2.41. The van der Waals surface area contributed by atoms with Gasteiger partial charge in [-0.2, -0.15) is 39.5 Å². The number of carbonyl (C=O) groups excluding carboxylic acids is 2. The second kappa shape index (κ2) is 9.62. The third-order valence-corrected chi connectivity index (χ3v) is 5.64. The van der Waals surface area contributed by atoms with Gasteiger partial charge in [0.05, 0.1) is 22.7 Å². The van der Waals surface area contributed by atoms with Gasteiger partial charge in [0.15, 0.2) is 5.78 Å². The Morgan fingerprint density at radius 1 is 0.889 bits per heavy atom. The molecule has 1 N–H and O–H groups in total. The smallest absolute Gasteiger partial charge is 0.349 e. The number of ketones is 1. The minimum Gasteiger partial charge on any atom is -0.349 e. The summed E-state index contributed by atoms with van der Waals surface area (Å²) in [5, 5.41) is 2.77. The van der Waals surface area contributed by atoms with Crippen molar-refractivity contribution >= 4 is 17.3 Å². The fraction of sp³-hybridized carbons (Fsp3) is 0.333. The lowest BCUT2D eigenvalue weighted by Crippen LogP contribution is -2.26. The summed E-state index contributed by atoms with van der Waals surface area (Å²) in [4.78, 5) is 24.3. The molecule has 3 rings (SSSR count). The molecule has 194 valence electrons. The molecule has 1 aliphatic carbocycles. The first-order valence-electron chi connectivity index (χ1n) is 10.6. The molecule has 1 amide bonds. The van der Waals surface area contributed by atoms with Crippen LogP contribution in [0.1, 0.15) is 64.0 Å². The number of alkyl halides is 9. The van der Waals surface area contributed by atoms with Crippen LogP contribution in [0, 0.1) is 0 Å². The molecule has 12 heteroatoms. The number of hydrogen-bond acceptors (Lipinski definition) is 2. The maximum Gasteiger partial charge on any atom is 0.417 e. The molecule has 0 saturated carbocycles. The summed E-state index contributed by atoms with van der Waals surface area (Å²) in [7, 11) is 0. The lowest BCUT2D eigenvalue weighted by molar-refractivity contribution is -0.143. The van der Waals surface area contributed by atoms with Crippen LogP contribution in [-0.4, -0.2) is 17.9 Å². The second-order valence-corrected chi connectivity index (χ2v) is 8.14. The van der Waals surface area contributed by atoms with Gasteiger partial charge >= 0.3 is 18.5 Å². The normalized spacial score (nSPS) is 16.6. The lowest BCUT2D eigenvalue weighted by atomic mass is 9.96. The van der Waals surface area contributed by atoms with E-state index in [-0.39, 0.29) is 48.2 Å². The first-order chi connectivity index (χ1) is 16.5. The van der Waals surface area contributed by atoms with E-state index in [4.69, 9.17) is 0 Å². The maximum atomic E-state index is 13.7. The Morgan fingerprint density at radius 2 is 1.47 bits per heavy atom. The van der Waals surface area contributed by atoms with E-state index in [2.05, 4.69) is 5.32 Å². The summed E-state index contributed by atoms with van der Waals surface area (Å²) in [5.41, 5.74) is -6.25. The predicted octanol–water partition coefficient (Wildman–Crippen LogP) is 7.07. The van der Waals surface area contributed by atoms with E-state index in [1.165, 1.54) is 18.2 Å². The fourth-order valence-electron chi connectivity index (χ4n) is 3.87. The van der Waals surface area contributed by atoms with E-state index >= 15 is 0 Å². The van der Waals surface area contributed by atoms with Crippen LogP contribution >= 0.6 is 0 Å². The molecule has 0 saturated heterocycles. The summed E-state index contributed by atoms with van der Waals surface area (Å²) in [6, 6.07) is 3.14.